The van der Waals surface area contributed by atoms with Crippen LogP contribution in [0.3, 0.4) is 0 Å². The molecule has 0 amide bonds. The largest absolute Gasteiger partial charge is 0.496 e. The molecule has 0 atom stereocenters. The van der Waals surface area contributed by atoms with E-state index in [1.54, 1.807) is 19.2 Å². The monoisotopic (exact) mass is 194 g/mol. The standard InChI is InChI=1S/C12H15FO/c1-12(5-6-12)8-9-7-10(13)3-4-11(9)14-2/h3-4,7H,5-6,8H2,1-2H3. The van der Waals surface area contributed by atoms with Crippen LogP contribution in [-0.2, 0) is 6.42 Å². The Morgan fingerprint density at radius 2 is 2.14 bits per heavy atom. The van der Waals surface area contributed by atoms with E-state index in [0.29, 0.717) is 5.41 Å². The molecule has 76 valence electrons. The van der Waals surface area contributed by atoms with Crippen LogP contribution in [0, 0.1) is 11.2 Å². The molecular formula is C12H15FO. The van der Waals surface area contributed by atoms with E-state index in [1.807, 2.05) is 0 Å². The van der Waals surface area contributed by atoms with E-state index in [-0.39, 0.29) is 5.82 Å². The fraction of sp³-hybridized carbons (Fsp3) is 0.500. The van der Waals surface area contributed by atoms with Crippen molar-refractivity contribution >= 4 is 0 Å². The number of ether oxygens (including phenoxy) is 1. The Bertz CT molecular complexity index is 342. The second-order valence-corrected chi connectivity index (χ2v) is 4.44. The molecule has 14 heavy (non-hydrogen) atoms. The van der Waals surface area contributed by atoms with E-state index < -0.39 is 0 Å². The highest BCUT2D eigenvalue weighted by Crippen LogP contribution is 2.48. The van der Waals surface area contributed by atoms with Crippen LogP contribution >= 0.6 is 0 Å². The first kappa shape index (κ1) is 9.50. The Morgan fingerprint density at radius 1 is 1.43 bits per heavy atom. The number of halogens is 1. The van der Waals surface area contributed by atoms with Crippen molar-refractivity contribution in [2.45, 2.75) is 26.2 Å². The van der Waals surface area contributed by atoms with Gasteiger partial charge in [-0.05, 0) is 48.4 Å². The van der Waals surface area contributed by atoms with Gasteiger partial charge in [0.15, 0.2) is 0 Å². The lowest BCUT2D eigenvalue weighted by Gasteiger charge is -2.12. The van der Waals surface area contributed by atoms with Crippen molar-refractivity contribution < 1.29 is 9.13 Å². The summed E-state index contributed by atoms with van der Waals surface area (Å²) in [4.78, 5) is 0. The summed E-state index contributed by atoms with van der Waals surface area (Å²) in [6.07, 6.45) is 3.41. The van der Waals surface area contributed by atoms with Gasteiger partial charge >= 0.3 is 0 Å². The van der Waals surface area contributed by atoms with Crippen LogP contribution in [0.2, 0.25) is 0 Å². The van der Waals surface area contributed by atoms with Crippen LogP contribution in [0.15, 0.2) is 18.2 Å². The third kappa shape index (κ3) is 1.89. The Hall–Kier alpha value is -1.05. The summed E-state index contributed by atoms with van der Waals surface area (Å²) in [5.74, 6) is 0.629. The molecule has 1 nitrogen and oxygen atoms in total. The van der Waals surface area contributed by atoms with E-state index in [4.69, 9.17) is 4.74 Å². The van der Waals surface area contributed by atoms with Gasteiger partial charge in [-0.25, -0.2) is 4.39 Å². The SMILES string of the molecule is COc1ccc(F)cc1CC1(C)CC1. The van der Waals surface area contributed by atoms with Crippen molar-refractivity contribution in [2.24, 2.45) is 5.41 Å². The molecule has 1 aliphatic rings. The van der Waals surface area contributed by atoms with E-state index >= 15 is 0 Å². The van der Waals surface area contributed by atoms with Gasteiger partial charge in [0.05, 0.1) is 7.11 Å². The highest BCUT2D eigenvalue weighted by molar-refractivity contribution is 5.35. The molecule has 2 rings (SSSR count). The van der Waals surface area contributed by atoms with Gasteiger partial charge < -0.3 is 4.74 Å². The molecule has 1 saturated carbocycles. The van der Waals surface area contributed by atoms with Crippen molar-refractivity contribution in [2.75, 3.05) is 7.11 Å². The van der Waals surface area contributed by atoms with Gasteiger partial charge in [-0.3, -0.25) is 0 Å². The van der Waals surface area contributed by atoms with Crippen molar-refractivity contribution in [3.63, 3.8) is 0 Å². The zero-order valence-corrected chi connectivity index (χ0v) is 8.64. The third-order valence-corrected chi connectivity index (χ3v) is 2.96. The summed E-state index contributed by atoms with van der Waals surface area (Å²) in [5, 5.41) is 0. The summed E-state index contributed by atoms with van der Waals surface area (Å²) in [7, 11) is 1.63. The van der Waals surface area contributed by atoms with Crippen LogP contribution in [0.4, 0.5) is 4.39 Å². The zero-order chi connectivity index (χ0) is 10.2. The molecule has 0 radical (unpaired) electrons. The molecule has 0 spiro atoms. The first-order valence-electron chi connectivity index (χ1n) is 4.95. The van der Waals surface area contributed by atoms with E-state index in [0.717, 1.165) is 17.7 Å². The topological polar surface area (TPSA) is 9.23 Å². The molecule has 0 unspecified atom stereocenters. The quantitative estimate of drug-likeness (QED) is 0.718. The number of hydrogen-bond donors (Lipinski definition) is 0. The minimum atomic E-state index is -0.176. The maximum atomic E-state index is 13.0. The minimum absolute atomic E-state index is 0.176. The van der Waals surface area contributed by atoms with Gasteiger partial charge in [0, 0.05) is 0 Å². The van der Waals surface area contributed by atoms with Gasteiger partial charge in [0.25, 0.3) is 0 Å². The molecule has 0 N–H and O–H groups in total. The van der Waals surface area contributed by atoms with Crippen LogP contribution in [-0.4, -0.2) is 7.11 Å². The summed E-state index contributed by atoms with van der Waals surface area (Å²) in [5.41, 5.74) is 1.38. The number of rotatable bonds is 3. The van der Waals surface area contributed by atoms with Gasteiger partial charge in [-0.1, -0.05) is 6.92 Å². The minimum Gasteiger partial charge on any atom is -0.496 e. The second-order valence-electron chi connectivity index (χ2n) is 4.44. The second kappa shape index (κ2) is 3.26. The molecular weight excluding hydrogens is 179 g/mol. The average molecular weight is 194 g/mol. The summed E-state index contributed by atoms with van der Waals surface area (Å²) < 4.78 is 18.2. The molecule has 0 aliphatic heterocycles. The predicted molar refractivity (Wildman–Crippen MR) is 54.0 cm³/mol. The normalized spacial score (nSPS) is 17.9. The van der Waals surface area contributed by atoms with Crippen LogP contribution in [0.1, 0.15) is 25.3 Å². The molecule has 2 heteroatoms. The number of benzene rings is 1. The molecule has 1 aromatic rings. The summed E-state index contributed by atoms with van der Waals surface area (Å²) >= 11 is 0. The van der Waals surface area contributed by atoms with E-state index in [1.165, 1.54) is 18.9 Å². The smallest absolute Gasteiger partial charge is 0.123 e. The zero-order valence-electron chi connectivity index (χ0n) is 8.64. The van der Waals surface area contributed by atoms with E-state index in [2.05, 4.69) is 6.92 Å². The van der Waals surface area contributed by atoms with E-state index in [9.17, 15) is 4.39 Å². The molecule has 0 bridgehead atoms. The maximum absolute atomic E-state index is 13.0. The molecule has 0 aromatic heterocycles. The Morgan fingerprint density at radius 3 is 2.71 bits per heavy atom. The molecule has 0 heterocycles. The van der Waals surface area contributed by atoms with Crippen molar-refractivity contribution in [1.82, 2.24) is 0 Å². The molecule has 1 fully saturated rings. The lowest BCUT2D eigenvalue weighted by Crippen LogP contribution is -2.01. The van der Waals surface area contributed by atoms with Gasteiger partial charge in [0.1, 0.15) is 11.6 Å². The fourth-order valence-corrected chi connectivity index (χ4v) is 1.74. The van der Waals surface area contributed by atoms with Gasteiger partial charge in [-0.15, -0.1) is 0 Å². The van der Waals surface area contributed by atoms with Gasteiger partial charge in [0.2, 0.25) is 0 Å². The molecule has 1 aliphatic carbocycles. The average Bonchev–Trinajstić information content (AvgIpc) is 2.84. The predicted octanol–water partition coefficient (Wildman–Crippen LogP) is 3.18. The van der Waals surface area contributed by atoms with Gasteiger partial charge in [-0.2, -0.15) is 0 Å². The Balaban J connectivity index is 2.25. The van der Waals surface area contributed by atoms with Crippen LogP contribution in [0.25, 0.3) is 0 Å². The van der Waals surface area contributed by atoms with Crippen LogP contribution < -0.4 is 4.74 Å². The Labute approximate surface area is 83.9 Å². The van der Waals surface area contributed by atoms with Crippen molar-refractivity contribution in [3.05, 3.63) is 29.6 Å². The lowest BCUT2D eigenvalue weighted by molar-refractivity contribution is 0.402. The molecule has 0 saturated heterocycles. The summed E-state index contributed by atoms with van der Waals surface area (Å²) in [6, 6.07) is 4.73. The lowest BCUT2D eigenvalue weighted by atomic mass is 9.98. The third-order valence-electron chi connectivity index (χ3n) is 2.96. The fourth-order valence-electron chi connectivity index (χ4n) is 1.74. The molecule has 1 aromatic carbocycles. The highest BCUT2D eigenvalue weighted by atomic mass is 19.1. The first-order valence-corrected chi connectivity index (χ1v) is 4.95. The number of methoxy groups -OCH3 is 1. The van der Waals surface area contributed by atoms with Crippen LogP contribution in [0.5, 0.6) is 5.75 Å². The van der Waals surface area contributed by atoms with Crippen molar-refractivity contribution in [3.8, 4) is 5.75 Å². The summed E-state index contributed by atoms with van der Waals surface area (Å²) in [6.45, 7) is 2.23. The van der Waals surface area contributed by atoms with Crippen molar-refractivity contribution in [1.29, 1.82) is 0 Å². The first-order chi connectivity index (χ1) is 6.63. The number of hydrogen-bond acceptors (Lipinski definition) is 1. The Kier molecular flexibility index (Phi) is 2.22. The maximum Gasteiger partial charge on any atom is 0.123 e. The highest BCUT2D eigenvalue weighted by Gasteiger charge is 2.37.